The lowest BCUT2D eigenvalue weighted by atomic mass is 9.47. The van der Waals surface area contributed by atoms with E-state index in [1.807, 2.05) is 6.92 Å². The molecule has 0 aliphatic heterocycles. The molecule has 4 aliphatic rings. The van der Waals surface area contributed by atoms with Crippen LogP contribution < -0.4 is 0 Å². The Morgan fingerprint density at radius 3 is 2.62 bits per heavy atom. The van der Waals surface area contributed by atoms with Gasteiger partial charge in [-0.05, 0) is 91.8 Å². The van der Waals surface area contributed by atoms with E-state index >= 15 is 0 Å². The Morgan fingerprint density at radius 1 is 1.21 bits per heavy atom. The van der Waals surface area contributed by atoms with Gasteiger partial charge in [-0.1, -0.05) is 32.4 Å². The fourth-order valence-corrected chi connectivity index (χ4v) is 8.25. The third kappa shape index (κ3) is 3.26. The third-order valence-electron chi connectivity index (χ3n) is 9.73. The van der Waals surface area contributed by atoms with Crippen molar-refractivity contribution in [3.05, 3.63) is 11.6 Å². The fourth-order valence-electron chi connectivity index (χ4n) is 8.25. The number of fused-ring (bicyclic) bond motifs is 5. The van der Waals surface area contributed by atoms with Gasteiger partial charge >= 0.3 is 11.9 Å². The molecule has 0 heterocycles. The van der Waals surface area contributed by atoms with E-state index in [0.717, 1.165) is 51.4 Å². The molecule has 4 rings (SSSR count). The first-order chi connectivity index (χ1) is 13.5. The first-order valence-corrected chi connectivity index (χ1v) is 11.5. The van der Waals surface area contributed by atoms with Gasteiger partial charge in [0.05, 0.1) is 6.10 Å². The summed E-state index contributed by atoms with van der Waals surface area (Å²) < 4.78 is 27.8. The second kappa shape index (κ2) is 7.03. The minimum absolute atomic E-state index is 0.0328. The zero-order chi connectivity index (χ0) is 21.2. The lowest BCUT2D eigenvalue weighted by molar-refractivity contribution is -0.168. The van der Waals surface area contributed by atoms with Crippen molar-refractivity contribution in [1.82, 2.24) is 0 Å². The van der Waals surface area contributed by atoms with Crippen LogP contribution in [-0.4, -0.2) is 28.2 Å². The largest absolute Gasteiger partial charge is 0.477 e. The van der Waals surface area contributed by atoms with Crippen LogP contribution in [-0.2, 0) is 4.79 Å². The quantitative estimate of drug-likeness (QED) is 0.587. The van der Waals surface area contributed by atoms with Gasteiger partial charge in [-0.3, -0.25) is 0 Å². The smallest absolute Gasteiger partial charge is 0.374 e. The number of carbonyl (C=O) groups is 1. The Labute approximate surface area is 173 Å². The number of hydrogen-bond donors (Lipinski definition) is 2. The van der Waals surface area contributed by atoms with E-state index in [4.69, 9.17) is 5.11 Å². The van der Waals surface area contributed by atoms with Crippen LogP contribution in [0.15, 0.2) is 11.6 Å². The first kappa shape index (κ1) is 21.3. The summed E-state index contributed by atoms with van der Waals surface area (Å²) in [6.45, 7) is 6.53. The molecule has 29 heavy (non-hydrogen) atoms. The van der Waals surface area contributed by atoms with E-state index in [1.54, 1.807) is 0 Å². The van der Waals surface area contributed by atoms with E-state index in [-0.39, 0.29) is 28.8 Å². The molecule has 164 valence electrons. The number of rotatable bonds is 4. The van der Waals surface area contributed by atoms with E-state index in [0.29, 0.717) is 17.8 Å². The molecule has 8 atom stereocenters. The van der Waals surface area contributed by atoms with Crippen LogP contribution in [0.4, 0.5) is 8.78 Å². The van der Waals surface area contributed by atoms with Crippen LogP contribution in [0, 0.1) is 40.4 Å². The predicted molar refractivity (Wildman–Crippen MR) is 108 cm³/mol. The van der Waals surface area contributed by atoms with Gasteiger partial charge in [-0.2, -0.15) is 8.78 Å². The highest BCUT2D eigenvalue weighted by atomic mass is 19.3. The number of aliphatic hydroxyl groups excluding tert-OH is 1. The van der Waals surface area contributed by atoms with E-state index in [2.05, 4.69) is 19.9 Å². The van der Waals surface area contributed by atoms with Crippen molar-refractivity contribution in [2.75, 3.05) is 0 Å². The number of allylic oxidation sites excluding steroid dienone is 1. The van der Waals surface area contributed by atoms with Gasteiger partial charge < -0.3 is 10.2 Å². The number of halogens is 2. The third-order valence-corrected chi connectivity index (χ3v) is 9.73. The minimum atomic E-state index is -3.63. The Balaban J connectivity index is 1.55. The van der Waals surface area contributed by atoms with Crippen molar-refractivity contribution < 1.29 is 23.8 Å². The molecule has 0 amide bonds. The van der Waals surface area contributed by atoms with Gasteiger partial charge in [0.25, 0.3) is 0 Å². The van der Waals surface area contributed by atoms with Gasteiger partial charge in [0.2, 0.25) is 0 Å². The number of carboxylic acid groups (broad SMARTS) is 1. The standard InChI is InChI=1S/C24H36F2O3/c1-14(13-24(25,26)21(28)29)18-6-7-19-17-5-4-15-12-16(27)8-10-22(15,2)20(17)9-11-23(18,19)3/h4,14,16-20,27H,5-13H2,1-3H3,(H,28,29)/t14-,16+,17+,18-,19+,20+,22+,23-/m1/s1. The van der Waals surface area contributed by atoms with Crippen molar-refractivity contribution in [3.63, 3.8) is 0 Å². The number of carboxylic acids is 1. The van der Waals surface area contributed by atoms with Crippen LogP contribution in [0.3, 0.4) is 0 Å². The molecule has 3 nitrogen and oxygen atoms in total. The Morgan fingerprint density at radius 2 is 1.93 bits per heavy atom. The second-order valence-electron chi connectivity index (χ2n) is 11.1. The SMILES string of the molecule is C[C@H](CC(F)(F)C(=O)O)[C@H]1CC[C@H]2[C@@H]3CC=C4C[C@@H](O)CC[C@]4(C)[C@H]3CC[C@]12C. The summed E-state index contributed by atoms with van der Waals surface area (Å²) in [5, 5.41) is 19.0. The van der Waals surface area contributed by atoms with Gasteiger partial charge in [0.15, 0.2) is 0 Å². The number of alkyl halides is 2. The molecule has 4 aliphatic carbocycles. The molecule has 3 saturated carbocycles. The molecule has 0 aromatic heterocycles. The Hall–Kier alpha value is -0.970. The molecule has 2 N–H and O–H groups in total. The molecular formula is C24H36F2O3. The molecule has 0 aromatic rings. The average Bonchev–Trinajstić information content (AvgIpc) is 2.99. The van der Waals surface area contributed by atoms with Gasteiger partial charge in [0.1, 0.15) is 0 Å². The van der Waals surface area contributed by atoms with Gasteiger partial charge in [0, 0.05) is 6.42 Å². The highest BCUT2D eigenvalue weighted by molar-refractivity contribution is 5.75. The predicted octanol–water partition coefficient (Wildman–Crippen LogP) is 5.67. The summed E-state index contributed by atoms with van der Waals surface area (Å²) in [6, 6.07) is 0. The minimum Gasteiger partial charge on any atom is -0.477 e. The first-order valence-electron chi connectivity index (χ1n) is 11.5. The maximum absolute atomic E-state index is 13.9. The topological polar surface area (TPSA) is 57.5 Å². The van der Waals surface area contributed by atoms with Crippen LogP contribution >= 0.6 is 0 Å². The zero-order valence-electron chi connectivity index (χ0n) is 18.0. The highest BCUT2D eigenvalue weighted by Crippen LogP contribution is 2.67. The molecule has 0 unspecified atom stereocenters. The molecule has 0 spiro atoms. The van der Waals surface area contributed by atoms with Crippen LogP contribution in [0.25, 0.3) is 0 Å². The lowest BCUT2D eigenvalue weighted by Crippen LogP contribution is -2.51. The second-order valence-corrected chi connectivity index (χ2v) is 11.1. The van der Waals surface area contributed by atoms with Gasteiger partial charge in [-0.15, -0.1) is 0 Å². The number of hydrogen-bond acceptors (Lipinski definition) is 2. The Kier molecular flexibility index (Phi) is 5.16. The molecule has 0 saturated heterocycles. The fraction of sp³-hybridized carbons (Fsp3) is 0.875. The monoisotopic (exact) mass is 410 g/mol. The van der Waals surface area contributed by atoms with Crippen molar-refractivity contribution in [1.29, 1.82) is 0 Å². The molecular weight excluding hydrogens is 374 g/mol. The number of aliphatic carboxylic acids is 1. The maximum Gasteiger partial charge on any atom is 0.374 e. The summed E-state index contributed by atoms with van der Waals surface area (Å²) in [6.07, 6.45) is 9.62. The van der Waals surface area contributed by atoms with E-state index < -0.39 is 18.3 Å². The summed E-state index contributed by atoms with van der Waals surface area (Å²) in [7, 11) is 0. The maximum atomic E-state index is 13.9. The lowest BCUT2D eigenvalue weighted by Gasteiger charge is -2.58. The molecule has 3 fully saturated rings. The Bertz CT molecular complexity index is 704. The summed E-state index contributed by atoms with van der Waals surface area (Å²) in [5.41, 5.74) is 1.67. The van der Waals surface area contributed by atoms with Gasteiger partial charge in [-0.25, -0.2) is 4.79 Å². The highest BCUT2D eigenvalue weighted by Gasteiger charge is 2.59. The number of aliphatic hydroxyl groups is 1. The van der Waals surface area contributed by atoms with E-state index in [9.17, 15) is 18.7 Å². The molecule has 5 heteroatoms. The molecule has 0 aromatic carbocycles. The van der Waals surface area contributed by atoms with Crippen molar-refractivity contribution in [2.45, 2.75) is 90.6 Å². The van der Waals surface area contributed by atoms with Crippen LogP contribution in [0.2, 0.25) is 0 Å². The average molecular weight is 411 g/mol. The van der Waals surface area contributed by atoms with Crippen molar-refractivity contribution >= 4 is 5.97 Å². The van der Waals surface area contributed by atoms with Crippen LogP contribution in [0.1, 0.15) is 78.6 Å². The zero-order valence-corrected chi connectivity index (χ0v) is 18.0. The summed E-state index contributed by atoms with van der Waals surface area (Å²) >= 11 is 0. The van der Waals surface area contributed by atoms with E-state index in [1.165, 1.54) is 5.57 Å². The molecule has 0 bridgehead atoms. The summed E-state index contributed by atoms with van der Waals surface area (Å²) in [4.78, 5) is 10.9. The summed E-state index contributed by atoms with van der Waals surface area (Å²) in [5.74, 6) is -3.99. The van der Waals surface area contributed by atoms with Crippen molar-refractivity contribution in [3.8, 4) is 0 Å². The molecule has 0 radical (unpaired) electrons. The normalized spacial score (nSPS) is 45.6. The van der Waals surface area contributed by atoms with Crippen molar-refractivity contribution in [2.24, 2.45) is 40.4 Å². The van der Waals surface area contributed by atoms with Crippen LogP contribution in [0.5, 0.6) is 0 Å².